The molecule has 0 saturated carbocycles. The first-order chi connectivity index (χ1) is 3.85. The first-order valence-electron chi connectivity index (χ1n) is 2.12. The summed E-state index contributed by atoms with van der Waals surface area (Å²) in [7, 11) is 0. The zero-order chi connectivity index (χ0) is 7.65. The Bertz CT molecular complexity index is 126. The molecular weight excluding hydrogens is 208 g/mol. The molecule has 0 bridgehead atoms. The van der Waals surface area contributed by atoms with Gasteiger partial charge in [-0.05, 0) is 11.8 Å². The third-order valence-corrected chi connectivity index (χ3v) is 2.93. The zero-order valence-electron chi connectivity index (χ0n) is 4.74. The highest BCUT2D eigenvalue weighted by Crippen LogP contribution is 2.37. The van der Waals surface area contributed by atoms with Crippen molar-refractivity contribution < 1.29 is 0 Å². The molecule has 9 heavy (non-hydrogen) atoms. The molecule has 0 amide bonds. The third-order valence-electron chi connectivity index (χ3n) is 0.660. The van der Waals surface area contributed by atoms with Gasteiger partial charge in [-0.25, -0.2) is 0 Å². The molecule has 0 radical (unpaired) electrons. The summed E-state index contributed by atoms with van der Waals surface area (Å²) in [6.45, 7) is 1.81. The maximum atomic E-state index is 4.08. The van der Waals surface area contributed by atoms with Gasteiger partial charge in [0.15, 0.2) is 0 Å². The van der Waals surface area contributed by atoms with Gasteiger partial charge in [0, 0.05) is 4.91 Å². The molecule has 0 aliphatic carbocycles. The Morgan fingerprint density at radius 2 is 1.44 bits per heavy atom. The average molecular weight is 216 g/mol. The Morgan fingerprint density at radius 1 is 1.11 bits per heavy atom. The molecule has 0 nitrogen and oxygen atoms in total. The molecule has 0 aromatic rings. The van der Waals surface area contributed by atoms with E-state index in [2.05, 4.69) is 63.1 Å². The third kappa shape index (κ3) is 4.03. The summed E-state index contributed by atoms with van der Waals surface area (Å²) in [5, 5.41) is 0. The molecule has 0 rings (SSSR count). The fourth-order valence-electron chi connectivity index (χ4n) is 0.243. The molecular formula is C4H8S5. The van der Waals surface area contributed by atoms with E-state index in [0.29, 0.717) is 4.91 Å². The van der Waals surface area contributed by atoms with Crippen LogP contribution in [0.2, 0.25) is 0 Å². The molecule has 0 heterocycles. The predicted molar refractivity (Wildman–Crippen MR) is 60.4 cm³/mol. The lowest BCUT2D eigenvalue weighted by atomic mass is 10.5. The zero-order valence-corrected chi connectivity index (χ0v) is 9.21. The van der Waals surface area contributed by atoms with Crippen LogP contribution in [0.5, 0.6) is 0 Å². The van der Waals surface area contributed by atoms with Crippen molar-refractivity contribution in [2.45, 2.75) is 10.3 Å². The van der Waals surface area contributed by atoms with Crippen molar-refractivity contribution >= 4 is 63.1 Å². The standard InChI is InChI=1S/C4H8S5/c1-2(5)3(6)4(7,8)9/h5-9H,1H3/b3-2-. The topological polar surface area (TPSA) is 0 Å². The Morgan fingerprint density at radius 3 is 1.44 bits per heavy atom. The first-order valence-corrected chi connectivity index (χ1v) is 4.35. The molecule has 0 N–H and O–H groups in total. The maximum absolute atomic E-state index is 4.08. The quantitative estimate of drug-likeness (QED) is 0.323. The Labute approximate surface area is 82.9 Å². The summed E-state index contributed by atoms with van der Waals surface area (Å²) in [5.41, 5.74) is 0. The fourth-order valence-corrected chi connectivity index (χ4v) is 1.18. The Hall–Kier alpha value is 1.49. The Kier molecular flexibility index (Phi) is 4.38. The van der Waals surface area contributed by atoms with Crippen LogP contribution in [0.1, 0.15) is 6.92 Å². The molecule has 0 saturated heterocycles. The lowest BCUT2D eigenvalue weighted by molar-refractivity contribution is 1.48. The van der Waals surface area contributed by atoms with Crippen LogP contribution in [0.25, 0.3) is 0 Å². The van der Waals surface area contributed by atoms with E-state index in [4.69, 9.17) is 0 Å². The van der Waals surface area contributed by atoms with E-state index in [1.807, 2.05) is 6.92 Å². The second kappa shape index (κ2) is 3.76. The second-order valence-electron chi connectivity index (χ2n) is 1.57. The monoisotopic (exact) mass is 216 g/mol. The van der Waals surface area contributed by atoms with Crippen LogP contribution >= 0.6 is 63.1 Å². The van der Waals surface area contributed by atoms with E-state index in [-0.39, 0.29) is 0 Å². The van der Waals surface area contributed by atoms with Gasteiger partial charge in [-0.2, -0.15) is 0 Å². The Balaban J connectivity index is 4.40. The van der Waals surface area contributed by atoms with E-state index in [0.717, 1.165) is 4.91 Å². The highest BCUT2D eigenvalue weighted by atomic mass is 32.2. The number of allylic oxidation sites excluding steroid dienone is 1. The minimum absolute atomic E-state index is 0.654. The van der Waals surface area contributed by atoms with Crippen LogP contribution in [0.3, 0.4) is 0 Å². The van der Waals surface area contributed by atoms with Crippen LogP contribution in [0.15, 0.2) is 9.81 Å². The van der Waals surface area contributed by atoms with Gasteiger partial charge < -0.3 is 0 Å². The largest absolute Gasteiger partial charge is 0.147 e. The van der Waals surface area contributed by atoms with Crippen LogP contribution in [-0.4, -0.2) is 3.41 Å². The van der Waals surface area contributed by atoms with Gasteiger partial charge in [-0.3, -0.25) is 0 Å². The summed E-state index contributed by atoms with van der Waals surface area (Å²) in [6, 6.07) is 0. The van der Waals surface area contributed by atoms with Gasteiger partial charge in [0.25, 0.3) is 0 Å². The fraction of sp³-hybridized carbons (Fsp3) is 0.500. The lowest BCUT2D eigenvalue weighted by Crippen LogP contribution is -2.02. The van der Waals surface area contributed by atoms with Crippen molar-refractivity contribution in [1.82, 2.24) is 0 Å². The summed E-state index contributed by atoms with van der Waals surface area (Å²) in [4.78, 5) is 1.43. The highest BCUT2D eigenvalue weighted by molar-refractivity contribution is 8.18. The van der Waals surface area contributed by atoms with Gasteiger partial charge >= 0.3 is 0 Å². The normalized spacial score (nSPS) is 15.3. The van der Waals surface area contributed by atoms with Crippen molar-refractivity contribution in [3.05, 3.63) is 9.81 Å². The van der Waals surface area contributed by atoms with Crippen molar-refractivity contribution in [3.8, 4) is 0 Å². The molecule has 0 spiro atoms. The molecule has 0 fully saturated rings. The molecule has 0 aliphatic rings. The van der Waals surface area contributed by atoms with Crippen LogP contribution in [0, 0.1) is 0 Å². The summed E-state index contributed by atoms with van der Waals surface area (Å²) in [6.07, 6.45) is 0. The van der Waals surface area contributed by atoms with E-state index < -0.39 is 3.41 Å². The van der Waals surface area contributed by atoms with E-state index in [1.54, 1.807) is 0 Å². The van der Waals surface area contributed by atoms with Crippen molar-refractivity contribution in [2.75, 3.05) is 0 Å². The first kappa shape index (κ1) is 10.5. The van der Waals surface area contributed by atoms with Gasteiger partial charge in [0.2, 0.25) is 0 Å². The molecule has 0 aromatic carbocycles. The van der Waals surface area contributed by atoms with Crippen molar-refractivity contribution in [2.24, 2.45) is 0 Å². The molecule has 0 atom stereocenters. The van der Waals surface area contributed by atoms with Gasteiger partial charge in [0.05, 0.1) is 0 Å². The van der Waals surface area contributed by atoms with Crippen LogP contribution in [-0.2, 0) is 0 Å². The average Bonchev–Trinajstić information content (AvgIpc) is 1.62. The van der Waals surface area contributed by atoms with Crippen LogP contribution < -0.4 is 0 Å². The van der Waals surface area contributed by atoms with E-state index >= 15 is 0 Å². The number of rotatable bonds is 1. The minimum atomic E-state index is -0.769. The summed E-state index contributed by atoms with van der Waals surface area (Å²) >= 11 is 20.2. The van der Waals surface area contributed by atoms with Gasteiger partial charge in [-0.15, -0.1) is 63.1 Å². The lowest BCUT2D eigenvalue weighted by Gasteiger charge is -2.15. The number of hydrogen-bond donors (Lipinski definition) is 5. The van der Waals surface area contributed by atoms with Crippen molar-refractivity contribution in [1.29, 1.82) is 0 Å². The van der Waals surface area contributed by atoms with E-state index in [9.17, 15) is 0 Å². The highest BCUT2D eigenvalue weighted by Gasteiger charge is 2.18. The molecule has 0 aromatic heterocycles. The molecule has 5 heteroatoms. The van der Waals surface area contributed by atoms with Crippen LogP contribution in [0.4, 0.5) is 0 Å². The molecule has 54 valence electrons. The predicted octanol–water partition coefficient (Wildman–Crippen LogP) is 2.52. The minimum Gasteiger partial charge on any atom is -0.147 e. The van der Waals surface area contributed by atoms with Gasteiger partial charge in [-0.1, -0.05) is 0 Å². The molecule has 0 aliphatic heterocycles. The van der Waals surface area contributed by atoms with E-state index in [1.165, 1.54) is 0 Å². The number of thiol groups is 5. The van der Waals surface area contributed by atoms with Gasteiger partial charge in [0.1, 0.15) is 3.41 Å². The maximum Gasteiger partial charge on any atom is 0.130 e. The van der Waals surface area contributed by atoms with Crippen molar-refractivity contribution in [3.63, 3.8) is 0 Å². The second-order valence-corrected chi connectivity index (χ2v) is 5.76. The number of hydrogen-bond acceptors (Lipinski definition) is 5. The SMILES string of the molecule is C/C(S)=C(/S)C(S)(S)S. The smallest absolute Gasteiger partial charge is 0.130 e. The molecule has 0 unspecified atom stereocenters. The summed E-state index contributed by atoms with van der Waals surface area (Å²) < 4.78 is -0.769. The summed E-state index contributed by atoms with van der Waals surface area (Å²) in [5.74, 6) is 0.